The average molecular weight is 326 g/mol. The normalized spacial score (nSPS) is 14.8. The number of fused-ring (bicyclic) bond motifs is 1. The molecule has 3 nitrogen and oxygen atoms in total. The lowest BCUT2D eigenvalue weighted by Crippen LogP contribution is -2.18. The van der Waals surface area contributed by atoms with E-state index >= 15 is 0 Å². The lowest BCUT2D eigenvalue weighted by Gasteiger charge is -2.08. The Bertz CT molecular complexity index is 550. The summed E-state index contributed by atoms with van der Waals surface area (Å²) >= 11 is 5.65. The van der Waals surface area contributed by atoms with Crippen molar-refractivity contribution in [3.8, 4) is 9.88 Å². The minimum atomic E-state index is 0.670. The molecule has 0 radical (unpaired) electrons. The number of nitrogens with zero attached hydrogens (tertiary/aromatic N) is 2. The van der Waals surface area contributed by atoms with Crippen molar-refractivity contribution in [3.63, 3.8) is 0 Å². The molecule has 108 valence electrons. The highest BCUT2D eigenvalue weighted by Crippen LogP contribution is 2.37. The number of rotatable bonds is 5. The van der Waals surface area contributed by atoms with Crippen LogP contribution in [0.25, 0.3) is 9.88 Å². The maximum Gasteiger partial charge on any atom is 0.157 e. The molecule has 0 saturated carbocycles. The molecule has 6 heteroatoms. The Morgan fingerprint density at radius 1 is 1.30 bits per heavy atom. The second kappa shape index (κ2) is 6.56. The van der Waals surface area contributed by atoms with Gasteiger partial charge in [-0.1, -0.05) is 25.2 Å². The number of thioether (sulfide) groups is 1. The van der Waals surface area contributed by atoms with E-state index in [0.29, 0.717) is 5.92 Å². The van der Waals surface area contributed by atoms with Gasteiger partial charge in [0.2, 0.25) is 0 Å². The van der Waals surface area contributed by atoms with Gasteiger partial charge in [0.05, 0.1) is 4.88 Å². The Labute approximate surface area is 132 Å². The Balaban J connectivity index is 1.68. The second-order valence-corrected chi connectivity index (χ2v) is 8.69. The Hall–Kier alpha value is -0.430. The number of hydrogen-bond donors (Lipinski definition) is 1. The Morgan fingerprint density at radius 3 is 3.00 bits per heavy atom. The quantitative estimate of drug-likeness (QED) is 0.907. The van der Waals surface area contributed by atoms with Gasteiger partial charge in [-0.2, -0.15) is 11.8 Å². The third kappa shape index (κ3) is 3.42. The zero-order valence-electron chi connectivity index (χ0n) is 11.8. The highest BCUT2D eigenvalue weighted by atomic mass is 32.2. The first-order valence-electron chi connectivity index (χ1n) is 6.95. The fourth-order valence-electron chi connectivity index (χ4n) is 2.15. The molecule has 0 atom stereocenters. The molecule has 2 aromatic heterocycles. The average Bonchev–Trinajstić information content (AvgIpc) is 3.03. The van der Waals surface area contributed by atoms with Gasteiger partial charge in [-0.15, -0.1) is 21.5 Å². The van der Waals surface area contributed by atoms with Gasteiger partial charge < -0.3 is 5.32 Å². The largest absolute Gasteiger partial charge is 0.310 e. The van der Waals surface area contributed by atoms with Crippen LogP contribution in [-0.2, 0) is 18.7 Å². The van der Waals surface area contributed by atoms with Gasteiger partial charge in [-0.05, 0) is 36.3 Å². The minimum Gasteiger partial charge on any atom is -0.310 e. The van der Waals surface area contributed by atoms with Gasteiger partial charge in [-0.25, -0.2) is 0 Å². The molecule has 0 aromatic carbocycles. The highest BCUT2D eigenvalue weighted by molar-refractivity contribution is 7.98. The van der Waals surface area contributed by atoms with Crippen LogP contribution in [0.2, 0.25) is 0 Å². The van der Waals surface area contributed by atoms with Crippen molar-refractivity contribution >= 4 is 34.4 Å². The minimum absolute atomic E-state index is 0.670. The van der Waals surface area contributed by atoms with Crippen LogP contribution in [0.1, 0.15) is 29.3 Å². The number of aryl methyl sites for hydroxylation is 1. The molecule has 1 aliphatic heterocycles. The summed E-state index contributed by atoms with van der Waals surface area (Å²) in [5, 5.41) is 14.2. The zero-order valence-corrected chi connectivity index (χ0v) is 14.3. The predicted molar refractivity (Wildman–Crippen MR) is 89.6 cm³/mol. The van der Waals surface area contributed by atoms with Crippen LogP contribution >= 0.6 is 34.4 Å². The second-order valence-electron chi connectivity index (χ2n) is 5.39. The van der Waals surface area contributed by atoms with E-state index in [1.807, 2.05) is 23.1 Å². The number of thiophene rings is 1. The van der Waals surface area contributed by atoms with Crippen LogP contribution in [0.3, 0.4) is 0 Å². The summed E-state index contributed by atoms with van der Waals surface area (Å²) in [6.45, 7) is 6.29. The summed E-state index contributed by atoms with van der Waals surface area (Å²) < 4.78 is 0. The number of hydrogen-bond acceptors (Lipinski definition) is 6. The van der Waals surface area contributed by atoms with Crippen molar-refractivity contribution < 1.29 is 0 Å². The van der Waals surface area contributed by atoms with E-state index in [-0.39, 0.29) is 0 Å². The van der Waals surface area contributed by atoms with Gasteiger partial charge in [0.25, 0.3) is 0 Å². The van der Waals surface area contributed by atoms with E-state index in [0.717, 1.165) is 28.9 Å². The molecular formula is C14H19N3S3. The third-order valence-corrected chi connectivity index (χ3v) is 6.47. The Kier molecular flexibility index (Phi) is 4.75. The van der Waals surface area contributed by atoms with Crippen molar-refractivity contribution in [2.24, 2.45) is 5.92 Å². The molecule has 3 rings (SSSR count). The van der Waals surface area contributed by atoms with E-state index in [4.69, 9.17) is 0 Å². The molecule has 2 aromatic rings. The number of aromatic nitrogens is 2. The van der Waals surface area contributed by atoms with Gasteiger partial charge in [0, 0.05) is 17.2 Å². The van der Waals surface area contributed by atoms with Crippen molar-refractivity contribution in [2.75, 3.05) is 12.3 Å². The van der Waals surface area contributed by atoms with Gasteiger partial charge in [0.1, 0.15) is 5.01 Å². The van der Waals surface area contributed by atoms with Crippen molar-refractivity contribution in [3.05, 3.63) is 21.5 Å². The topological polar surface area (TPSA) is 37.8 Å². The third-order valence-electron chi connectivity index (χ3n) is 3.13. The summed E-state index contributed by atoms with van der Waals surface area (Å²) in [5.74, 6) is 3.09. The molecule has 1 aliphatic rings. The fourth-order valence-corrected chi connectivity index (χ4v) is 5.37. The van der Waals surface area contributed by atoms with Crippen LogP contribution in [-0.4, -0.2) is 22.5 Å². The van der Waals surface area contributed by atoms with E-state index in [1.54, 1.807) is 16.2 Å². The first kappa shape index (κ1) is 14.5. The molecule has 0 aliphatic carbocycles. The smallest absolute Gasteiger partial charge is 0.157 e. The summed E-state index contributed by atoms with van der Waals surface area (Å²) in [6, 6.07) is 2.32. The summed E-state index contributed by atoms with van der Waals surface area (Å²) in [4.78, 5) is 2.85. The van der Waals surface area contributed by atoms with Crippen LogP contribution in [0.4, 0.5) is 0 Å². The van der Waals surface area contributed by atoms with E-state index in [9.17, 15) is 0 Å². The maximum absolute atomic E-state index is 4.36. The molecular weight excluding hydrogens is 306 g/mol. The molecule has 0 saturated heterocycles. The van der Waals surface area contributed by atoms with Crippen molar-refractivity contribution in [1.82, 2.24) is 15.5 Å². The van der Waals surface area contributed by atoms with Crippen molar-refractivity contribution in [1.29, 1.82) is 0 Å². The standard InChI is InChI=1S/C14H19N3S3/c1-9(2)6-15-7-13-16-17-14(20-13)12-5-10-8-18-4-3-11(10)19-12/h5,9,15H,3-4,6-8H2,1-2H3. The molecule has 1 N–H and O–H groups in total. The molecule has 0 bridgehead atoms. The first-order valence-corrected chi connectivity index (χ1v) is 9.74. The zero-order chi connectivity index (χ0) is 13.9. The monoisotopic (exact) mass is 325 g/mol. The van der Waals surface area contributed by atoms with Crippen molar-refractivity contribution in [2.45, 2.75) is 32.6 Å². The van der Waals surface area contributed by atoms with Crippen LogP contribution in [0, 0.1) is 5.92 Å². The first-order chi connectivity index (χ1) is 9.72. The van der Waals surface area contributed by atoms with Crippen LogP contribution in [0.5, 0.6) is 0 Å². The van der Waals surface area contributed by atoms with E-state index < -0.39 is 0 Å². The molecule has 20 heavy (non-hydrogen) atoms. The SMILES string of the molecule is CC(C)CNCc1nnc(-c2cc3c(s2)CCSC3)s1. The molecule has 0 unspecified atom stereocenters. The lowest BCUT2D eigenvalue weighted by molar-refractivity contribution is 0.550. The molecule has 0 amide bonds. The highest BCUT2D eigenvalue weighted by Gasteiger charge is 2.16. The molecule has 0 fully saturated rings. The van der Waals surface area contributed by atoms with Crippen LogP contribution < -0.4 is 5.32 Å². The predicted octanol–water partition coefficient (Wildman–Crippen LogP) is 3.80. The summed E-state index contributed by atoms with van der Waals surface area (Å²) in [6.07, 6.45) is 1.21. The summed E-state index contributed by atoms with van der Waals surface area (Å²) in [7, 11) is 0. The summed E-state index contributed by atoms with van der Waals surface area (Å²) in [5.41, 5.74) is 1.51. The van der Waals surface area contributed by atoms with E-state index in [1.165, 1.54) is 22.6 Å². The number of nitrogens with one attached hydrogen (secondary N) is 1. The molecule has 3 heterocycles. The van der Waals surface area contributed by atoms with Gasteiger partial charge >= 0.3 is 0 Å². The van der Waals surface area contributed by atoms with Gasteiger partial charge in [0.15, 0.2) is 5.01 Å². The maximum atomic E-state index is 4.36. The molecule has 0 spiro atoms. The Morgan fingerprint density at radius 2 is 2.20 bits per heavy atom. The van der Waals surface area contributed by atoms with Gasteiger partial charge in [-0.3, -0.25) is 0 Å². The van der Waals surface area contributed by atoms with Crippen LogP contribution in [0.15, 0.2) is 6.07 Å². The fraction of sp³-hybridized carbons (Fsp3) is 0.571. The lowest BCUT2D eigenvalue weighted by atomic mass is 10.2. The van der Waals surface area contributed by atoms with E-state index in [2.05, 4.69) is 35.4 Å².